The number of carbonyl (C=O) groups excluding carboxylic acids is 1. The van der Waals surface area contributed by atoms with Crippen molar-refractivity contribution in [1.29, 1.82) is 0 Å². The zero-order valence-corrected chi connectivity index (χ0v) is 23.3. The maximum atomic E-state index is 14.1. The van der Waals surface area contributed by atoms with Crippen molar-refractivity contribution in [2.24, 2.45) is 5.92 Å². The van der Waals surface area contributed by atoms with Gasteiger partial charge in [-0.15, -0.1) is 0 Å². The summed E-state index contributed by atoms with van der Waals surface area (Å²) in [6, 6.07) is 11.4. The fraction of sp³-hybridized carbons (Fsp3) is 0.433. The minimum Gasteiger partial charge on any atom is -0.496 e. The monoisotopic (exact) mass is 552 g/mol. The molecule has 1 atom stereocenters. The van der Waals surface area contributed by atoms with E-state index in [2.05, 4.69) is 16.9 Å². The van der Waals surface area contributed by atoms with E-state index in [1.807, 2.05) is 18.2 Å². The van der Waals surface area contributed by atoms with Gasteiger partial charge in [0.2, 0.25) is 0 Å². The molecule has 2 amide bonds. The van der Waals surface area contributed by atoms with Crippen molar-refractivity contribution in [3.8, 4) is 17.2 Å². The largest absolute Gasteiger partial charge is 0.496 e. The highest BCUT2D eigenvalue weighted by Gasteiger charge is 2.34. The number of halogens is 1. The van der Waals surface area contributed by atoms with E-state index in [1.54, 1.807) is 35.2 Å². The van der Waals surface area contributed by atoms with Crippen molar-refractivity contribution in [3.05, 3.63) is 72.1 Å². The van der Waals surface area contributed by atoms with Crippen LogP contribution in [0.3, 0.4) is 0 Å². The molecule has 0 aliphatic carbocycles. The molecule has 3 aromatic rings. The number of amides is 2. The molecule has 2 heterocycles. The number of rotatable bonds is 14. The van der Waals surface area contributed by atoms with Crippen LogP contribution in [0.4, 0.5) is 14.9 Å². The van der Waals surface area contributed by atoms with Crippen LogP contribution in [0.15, 0.2) is 55.0 Å². The molecule has 4 rings (SSSR count). The molecule has 1 aliphatic rings. The Morgan fingerprint density at radius 1 is 1.00 bits per heavy atom. The summed E-state index contributed by atoms with van der Waals surface area (Å²) in [4.78, 5) is 25.4. The average molecular weight is 553 g/mol. The number of methoxy groups -OCH3 is 2. The van der Waals surface area contributed by atoms with Gasteiger partial charge >= 0.3 is 6.03 Å². The number of anilines is 1. The lowest BCUT2D eigenvalue weighted by atomic mass is 10.0. The number of nitrogens with zero attached hydrogens (tertiary/aromatic N) is 4. The van der Waals surface area contributed by atoms with E-state index < -0.39 is 0 Å². The van der Waals surface area contributed by atoms with Gasteiger partial charge in [0.05, 0.1) is 46.3 Å². The van der Waals surface area contributed by atoms with Crippen molar-refractivity contribution in [2.75, 3.05) is 45.4 Å². The fourth-order valence-electron chi connectivity index (χ4n) is 4.70. The minimum absolute atomic E-state index is 0.0184. The van der Waals surface area contributed by atoms with Gasteiger partial charge in [0.25, 0.3) is 0 Å². The van der Waals surface area contributed by atoms with Gasteiger partial charge in [-0.1, -0.05) is 19.8 Å². The number of urea groups is 1. The lowest BCUT2D eigenvalue weighted by Gasteiger charge is -2.40. The fourth-order valence-corrected chi connectivity index (χ4v) is 4.70. The molecule has 0 bridgehead atoms. The molecule has 40 heavy (non-hydrogen) atoms. The molecular formula is C30H37FN4O5. The summed E-state index contributed by atoms with van der Waals surface area (Å²) in [5.41, 5.74) is 2.06. The zero-order chi connectivity index (χ0) is 28.3. The number of hydrogen-bond donors (Lipinski definition) is 0. The zero-order valence-electron chi connectivity index (χ0n) is 23.3. The molecule has 1 unspecified atom stereocenters. The maximum Gasteiger partial charge on any atom is 0.324 e. The SMILES string of the molecule is CCCCCOc1cc(N2CC(COCc3ccncn3)CN(Cc3cc(F)ccc3OC)C2=O)ccc1OC. The van der Waals surface area contributed by atoms with Crippen molar-refractivity contribution < 1.29 is 28.1 Å². The molecule has 0 N–H and O–H groups in total. The van der Waals surface area contributed by atoms with Crippen molar-refractivity contribution in [1.82, 2.24) is 14.9 Å². The number of benzene rings is 2. The van der Waals surface area contributed by atoms with Crippen LogP contribution in [-0.4, -0.2) is 61.4 Å². The van der Waals surface area contributed by atoms with Crippen LogP contribution >= 0.6 is 0 Å². The molecule has 1 saturated heterocycles. The Hall–Kier alpha value is -3.92. The van der Waals surface area contributed by atoms with Gasteiger partial charge in [-0.2, -0.15) is 0 Å². The normalized spacial score (nSPS) is 15.3. The number of unbranched alkanes of at least 4 members (excludes halogenated alkanes) is 2. The van der Waals surface area contributed by atoms with Crippen LogP contribution in [0.25, 0.3) is 0 Å². The highest BCUT2D eigenvalue weighted by atomic mass is 19.1. The second-order valence-electron chi connectivity index (χ2n) is 9.70. The summed E-state index contributed by atoms with van der Waals surface area (Å²) >= 11 is 0. The quantitative estimate of drug-likeness (QED) is 0.245. The Morgan fingerprint density at radius 3 is 2.58 bits per heavy atom. The summed E-state index contributed by atoms with van der Waals surface area (Å²) < 4.78 is 37.1. The molecule has 214 valence electrons. The van der Waals surface area contributed by atoms with E-state index in [0.717, 1.165) is 25.0 Å². The van der Waals surface area contributed by atoms with Gasteiger partial charge in [0, 0.05) is 42.5 Å². The summed E-state index contributed by atoms with van der Waals surface area (Å²) in [6.45, 7) is 4.52. The number of carbonyl (C=O) groups is 1. The summed E-state index contributed by atoms with van der Waals surface area (Å²) in [7, 11) is 3.13. The number of ether oxygens (including phenoxy) is 4. The van der Waals surface area contributed by atoms with Crippen LogP contribution in [0.5, 0.6) is 17.2 Å². The average Bonchev–Trinajstić information content (AvgIpc) is 2.97. The van der Waals surface area contributed by atoms with Crippen LogP contribution in [-0.2, 0) is 17.9 Å². The summed E-state index contributed by atoms with van der Waals surface area (Å²) in [5.74, 6) is 1.31. The van der Waals surface area contributed by atoms with Gasteiger partial charge < -0.3 is 23.8 Å². The van der Waals surface area contributed by atoms with Gasteiger partial charge in [-0.05, 0) is 42.8 Å². The molecule has 1 aliphatic heterocycles. The topological polar surface area (TPSA) is 86.3 Å². The Bertz CT molecular complexity index is 1250. The molecule has 9 nitrogen and oxygen atoms in total. The molecule has 1 fully saturated rings. The first kappa shape index (κ1) is 29.1. The van der Waals surface area contributed by atoms with E-state index in [1.165, 1.54) is 25.6 Å². The lowest BCUT2D eigenvalue weighted by molar-refractivity contribution is 0.0675. The first-order valence-electron chi connectivity index (χ1n) is 13.5. The van der Waals surface area contributed by atoms with Crippen molar-refractivity contribution in [2.45, 2.75) is 39.3 Å². The second kappa shape index (κ2) is 14.5. The van der Waals surface area contributed by atoms with Crippen LogP contribution in [0, 0.1) is 11.7 Å². The minimum atomic E-state index is -0.387. The Kier molecular flexibility index (Phi) is 10.5. The smallest absolute Gasteiger partial charge is 0.324 e. The van der Waals surface area contributed by atoms with Gasteiger partial charge in [-0.25, -0.2) is 19.2 Å². The van der Waals surface area contributed by atoms with Crippen molar-refractivity contribution >= 4 is 11.7 Å². The standard InChI is InChI=1S/C30H37FN4O5/c1-4-5-6-13-40-29-15-26(8-10-28(29)38-3)35-17-22(19-39-20-25-11-12-32-21-33-25)16-34(30(35)36)18-23-14-24(31)7-9-27(23)37-2/h7-12,14-15,21-22H,4-6,13,16-20H2,1-3H3. The van der Waals surface area contributed by atoms with E-state index in [9.17, 15) is 9.18 Å². The van der Waals surface area contributed by atoms with E-state index in [0.29, 0.717) is 61.4 Å². The highest BCUT2D eigenvalue weighted by molar-refractivity contribution is 5.93. The first-order chi connectivity index (χ1) is 19.5. The third kappa shape index (κ3) is 7.59. The summed E-state index contributed by atoms with van der Waals surface area (Å²) in [5, 5.41) is 0. The molecule has 0 spiro atoms. The molecule has 1 aromatic heterocycles. The predicted molar refractivity (Wildman–Crippen MR) is 149 cm³/mol. The van der Waals surface area contributed by atoms with Gasteiger partial charge in [0.1, 0.15) is 17.9 Å². The Labute approximate surface area is 234 Å². The highest BCUT2D eigenvalue weighted by Crippen LogP contribution is 2.34. The Balaban J connectivity index is 1.56. The van der Waals surface area contributed by atoms with E-state index in [4.69, 9.17) is 18.9 Å². The van der Waals surface area contributed by atoms with Crippen molar-refractivity contribution in [3.63, 3.8) is 0 Å². The third-order valence-corrected chi connectivity index (χ3v) is 6.74. The number of aromatic nitrogens is 2. The number of hydrogen-bond acceptors (Lipinski definition) is 7. The van der Waals surface area contributed by atoms with Crippen LogP contribution in [0.2, 0.25) is 0 Å². The van der Waals surface area contributed by atoms with Gasteiger partial charge in [0.15, 0.2) is 11.5 Å². The Morgan fingerprint density at radius 2 is 1.82 bits per heavy atom. The molecule has 0 saturated carbocycles. The summed E-state index contributed by atoms with van der Waals surface area (Å²) in [6.07, 6.45) is 6.25. The third-order valence-electron chi connectivity index (χ3n) is 6.74. The van der Waals surface area contributed by atoms with E-state index >= 15 is 0 Å². The van der Waals surface area contributed by atoms with Crippen LogP contribution in [0.1, 0.15) is 37.4 Å². The molecule has 10 heteroatoms. The molecular weight excluding hydrogens is 515 g/mol. The predicted octanol–water partition coefficient (Wildman–Crippen LogP) is 5.48. The first-order valence-corrected chi connectivity index (χ1v) is 13.5. The maximum absolute atomic E-state index is 14.1. The molecule has 0 radical (unpaired) electrons. The van der Waals surface area contributed by atoms with Crippen LogP contribution < -0.4 is 19.1 Å². The second-order valence-corrected chi connectivity index (χ2v) is 9.70. The molecule has 2 aromatic carbocycles. The van der Waals surface area contributed by atoms with E-state index in [-0.39, 0.29) is 24.3 Å². The van der Waals surface area contributed by atoms with Gasteiger partial charge in [-0.3, -0.25) is 4.90 Å². The lowest BCUT2D eigenvalue weighted by Crippen LogP contribution is -2.54.